The number of halogens is 3. The van der Waals surface area contributed by atoms with Gasteiger partial charge in [-0.25, -0.2) is 14.6 Å². The zero-order valence-electron chi connectivity index (χ0n) is 29.1. The Labute approximate surface area is 295 Å². The Morgan fingerprint density at radius 2 is 1.70 bits per heavy atom. The molecule has 14 heteroatoms. The van der Waals surface area contributed by atoms with E-state index in [0.717, 1.165) is 81.6 Å². The summed E-state index contributed by atoms with van der Waals surface area (Å²) in [5.41, 5.74) is 6.39. The number of hydrogen-bond acceptors (Lipinski definition) is 9. The molecule has 1 amide bonds. The number of alkyl halides is 3. The maximum Gasteiger partial charge on any atom is 0.397 e. The van der Waals surface area contributed by atoms with Gasteiger partial charge in [0.25, 0.3) is 0 Å². The number of benzene rings is 1. The second kappa shape index (κ2) is 16.6. The minimum Gasteiger partial charge on any atom is -0.476 e. The van der Waals surface area contributed by atoms with Gasteiger partial charge in [0.15, 0.2) is 0 Å². The molecular formula is C36H46F3N7O3S. The number of aromatic nitrogens is 4. The van der Waals surface area contributed by atoms with Gasteiger partial charge in [-0.2, -0.15) is 13.2 Å². The van der Waals surface area contributed by atoms with Gasteiger partial charge >= 0.3 is 6.18 Å². The zero-order valence-corrected chi connectivity index (χ0v) is 29.9. The van der Waals surface area contributed by atoms with Crippen LogP contribution >= 0.6 is 11.9 Å². The second-order valence-corrected chi connectivity index (χ2v) is 14.2. The van der Waals surface area contributed by atoms with E-state index in [1.807, 2.05) is 62.4 Å². The standard InChI is InChI=1S/C35H42F3N7O2S.CH4O/c1-33(2,32(39)46)22-44-20-10-6-5-7-12-24-13-8-9-14-25(24)31-26(17-18-27(40-31)43-48-30-16-11-15-28(44)41-30)45-21-19-29(42-45)47-23-34(3,4)35(36,37)38;1-2/h8-9,11,13-19,21H,5-7,10,12,20,22-23H2,1-4H3,(H2,39,46)(H,40,43);2H,1H3. The van der Waals surface area contributed by atoms with Crippen molar-refractivity contribution in [2.45, 2.75) is 71.0 Å². The number of rotatable bonds is 7. The number of nitrogens with one attached hydrogen (secondary N) is 1. The van der Waals surface area contributed by atoms with Crippen LogP contribution in [-0.4, -0.2) is 63.7 Å². The van der Waals surface area contributed by atoms with Crippen molar-refractivity contribution >= 4 is 29.5 Å². The van der Waals surface area contributed by atoms with Gasteiger partial charge in [0.05, 0.1) is 22.2 Å². The molecule has 3 aromatic heterocycles. The summed E-state index contributed by atoms with van der Waals surface area (Å²) in [6, 6.07) is 19.2. The summed E-state index contributed by atoms with van der Waals surface area (Å²) in [4.78, 5) is 24.2. The number of carbonyl (C=O) groups excluding carboxylic acids is 1. The lowest BCUT2D eigenvalue weighted by Gasteiger charge is -2.31. The van der Waals surface area contributed by atoms with Crippen LogP contribution in [0.15, 0.2) is 71.9 Å². The van der Waals surface area contributed by atoms with Gasteiger partial charge < -0.3 is 25.2 Å². The van der Waals surface area contributed by atoms with Crippen molar-refractivity contribution in [3.05, 3.63) is 72.4 Å². The maximum atomic E-state index is 13.4. The molecule has 0 unspecified atom stereocenters. The van der Waals surface area contributed by atoms with E-state index >= 15 is 0 Å². The number of anilines is 2. The van der Waals surface area contributed by atoms with Crippen LogP contribution in [-0.2, 0) is 11.2 Å². The lowest BCUT2D eigenvalue weighted by atomic mass is 9.91. The van der Waals surface area contributed by atoms with Crippen LogP contribution in [0.25, 0.3) is 16.9 Å². The molecule has 1 aliphatic rings. The largest absolute Gasteiger partial charge is 0.476 e. The Hall–Kier alpha value is -4.30. The Kier molecular flexibility index (Phi) is 12.8. The van der Waals surface area contributed by atoms with Crippen molar-refractivity contribution in [1.29, 1.82) is 0 Å². The normalized spacial score (nSPS) is 14.4. The molecule has 50 heavy (non-hydrogen) atoms. The van der Waals surface area contributed by atoms with Crippen LogP contribution in [0, 0.1) is 10.8 Å². The minimum atomic E-state index is -4.41. The number of aliphatic hydroxyl groups excluding tert-OH is 1. The van der Waals surface area contributed by atoms with Gasteiger partial charge in [-0.1, -0.05) is 43.2 Å². The van der Waals surface area contributed by atoms with Gasteiger partial charge in [0, 0.05) is 50.0 Å². The van der Waals surface area contributed by atoms with Crippen molar-refractivity contribution in [3.8, 4) is 22.8 Å². The third kappa shape index (κ3) is 9.69. The predicted octanol–water partition coefficient (Wildman–Crippen LogP) is 7.46. The number of pyridine rings is 2. The first-order chi connectivity index (χ1) is 23.7. The molecule has 4 heterocycles. The van der Waals surface area contributed by atoms with Gasteiger partial charge in [-0.3, -0.25) is 4.79 Å². The second-order valence-electron chi connectivity index (χ2n) is 13.4. The Balaban J connectivity index is 0.00000276. The summed E-state index contributed by atoms with van der Waals surface area (Å²) in [5.74, 6) is 1.10. The maximum absolute atomic E-state index is 13.4. The molecule has 10 nitrogen and oxygen atoms in total. The van der Waals surface area contributed by atoms with Gasteiger partial charge in [0.1, 0.15) is 23.3 Å². The molecule has 0 aliphatic carbocycles. The summed E-state index contributed by atoms with van der Waals surface area (Å²) in [7, 11) is 1.00. The highest BCUT2D eigenvalue weighted by Gasteiger charge is 2.48. The van der Waals surface area contributed by atoms with Crippen LogP contribution in [0.3, 0.4) is 0 Å². The number of amides is 1. The van der Waals surface area contributed by atoms with E-state index in [1.165, 1.54) is 11.9 Å². The molecule has 1 aliphatic heterocycles. The fraction of sp³-hybridized carbons (Fsp3) is 0.444. The average Bonchev–Trinajstić information content (AvgIpc) is 3.56. The van der Waals surface area contributed by atoms with Crippen molar-refractivity contribution < 1.29 is 27.8 Å². The van der Waals surface area contributed by atoms with Crippen LogP contribution in [0.5, 0.6) is 5.88 Å². The molecule has 0 spiro atoms. The van der Waals surface area contributed by atoms with E-state index in [2.05, 4.69) is 20.8 Å². The highest BCUT2D eigenvalue weighted by atomic mass is 32.2. The van der Waals surface area contributed by atoms with E-state index in [-0.39, 0.29) is 11.8 Å². The Morgan fingerprint density at radius 3 is 2.44 bits per heavy atom. The summed E-state index contributed by atoms with van der Waals surface area (Å²) in [5, 5.41) is 12.2. The van der Waals surface area contributed by atoms with E-state index in [0.29, 0.717) is 23.7 Å². The monoisotopic (exact) mass is 713 g/mol. The van der Waals surface area contributed by atoms with Crippen LogP contribution in [0.1, 0.15) is 58.9 Å². The molecule has 0 saturated heterocycles. The molecular weight excluding hydrogens is 668 g/mol. The van der Waals surface area contributed by atoms with E-state index < -0.39 is 23.6 Å². The lowest BCUT2D eigenvalue weighted by Crippen LogP contribution is -2.43. The topological polar surface area (TPSA) is 131 Å². The van der Waals surface area contributed by atoms with Crippen molar-refractivity contribution in [2.24, 2.45) is 16.6 Å². The van der Waals surface area contributed by atoms with Gasteiger partial charge in [-0.15, -0.1) is 5.10 Å². The number of nitrogens with two attached hydrogens (primary N) is 1. The molecule has 0 fully saturated rings. The first-order valence-corrected chi connectivity index (χ1v) is 17.3. The van der Waals surface area contributed by atoms with E-state index in [9.17, 15) is 18.0 Å². The molecule has 1 aromatic carbocycles. The fourth-order valence-electron chi connectivity index (χ4n) is 5.26. The highest BCUT2D eigenvalue weighted by molar-refractivity contribution is 8.00. The molecule has 0 saturated carbocycles. The van der Waals surface area contributed by atoms with E-state index in [1.54, 1.807) is 16.9 Å². The van der Waals surface area contributed by atoms with E-state index in [4.69, 9.17) is 25.5 Å². The lowest BCUT2D eigenvalue weighted by molar-refractivity contribution is -0.219. The first kappa shape index (κ1) is 38.5. The van der Waals surface area contributed by atoms with Crippen LogP contribution < -0.4 is 20.1 Å². The number of aryl methyl sites for hydroxylation is 1. The molecule has 0 radical (unpaired) electrons. The smallest absolute Gasteiger partial charge is 0.397 e. The summed E-state index contributed by atoms with van der Waals surface area (Å²) >= 11 is 1.32. The quantitative estimate of drug-likeness (QED) is 0.167. The Morgan fingerprint density at radius 1 is 0.960 bits per heavy atom. The number of hydrogen-bond donors (Lipinski definition) is 3. The van der Waals surface area contributed by atoms with Gasteiger partial charge in [-0.05, 0) is 76.8 Å². The molecule has 5 rings (SSSR count). The summed E-state index contributed by atoms with van der Waals surface area (Å²) < 4.78 is 50.6. The van der Waals surface area contributed by atoms with Crippen molar-refractivity contribution in [2.75, 3.05) is 36.4 Å². The molecule has 4 bridgehead atoms. The molecule has 0 atom stereocenters. The number of ether oxygens (including phenoxy) is 1. The zero-order chi connectivity index (χ0) is 36.5. The third-order valence-electron chi connectivity index (χ3n) is 8.48. The highest BCUT2D eigenvalue weighted by Crippen LogP contribution is 2.38. The average molecular weight is 714 g/mol. The van der Waals surface area contributed by atoms with Crippen LogP contribution in [0.2, 0.25) is 0 Å². The fourth-order valence-corrected chi connectivity index (χ4v) is 5.87. The third-order valence-corrected chi connectivity index (χ3v) is 9.22. The minimum absolute atomic E-state index is 0.0917. The SMILES string of the molecule is CC(C)(CN1CCCCCCc2ccccc2-c2nc(ccc2-n2ccc(OCC(C)(C)C(F)(F)F)n2)NSc2cccc1n2)C(N)=O.CO. The first-order valence-electron chi connectivity index (χ1n) is 16.5. The molecule has 4 aromatic rings. The Bertz CT molecular complexity index is 1730. The number of fused-ring (bicyclic) bond motifs is 6. The van der Waals surface area contributed by atoms with Crippen molar-refractivity contribution in [1.82, 2.24) is 19.7 Å². The van der Waals surface area contributed by atoms with Gasteiger partial charge in [0.2, 0.25) is 11.8 Å². The number of nitrogens with zero attached hydrogens (tertiary/aromatic N) is 5. The summed E-state index contributed by atoms with van der Waals surface area (Å²) in [6.07, 6.45) is 2.01. The summed E-state index contributed by atoms with van der Waals surface area (Å²) in [6.45, 7) is 6.56. The van der Waals surface area contributed by atoms with Crippen molar-refractivity contribution in [3.63, 3.8) is 0 Å². The number of primary amides is 1. The number of aliphatic hydroxyl groups is 1. The predicted molar refractivity (Wildman–Crippen MR) is 191 cm³/mol. The molecule has 4 N–H and O–H groups in total. The number of carbonyl (C=O) groups is 1. The van der Waals surface area contributed by atoms with Crippen LogP contribution in [0.4, 0.5) is 24.8 Å². The molecule has 270 valence electrons.